The number of phenols is 1. The number of hydrogen-bond donors (Lipinski definition) is 1. The molecule has 0 fully saturated rings. The fourth-order valence-electron chi connectivity index (χ4n) is 3.44. The van der Waals surface area contributed by atoms with E-state index in [1.54, 1.807) is 0 Å². The number of benzene rings is 1. The van der Waals surface area contributed by atoms with Crippen LogP contribution in [-0.4, -0.2) is 18.2 Å². The highest BCUT2D eigenvalue weighted by molar-refractivity contribution is 5.70. The second kappa shape index (κ2) is 3.43. The summed E-state index contributed by atoms with van der Waals surface area (Å²) in [4.78, 5) is 2.45. The highest BCUT2D eigenvalue weighted by Gasteiger charge is 2.41. The SMILES string of the molecule is CC1(C)CCN2CCC(C)(C)c3c(O)[c]cc1c32. The van der Waals surface area contributed by atoms with E-state index in [2.05, 4.69) is 38.7 Å². The first-order valence-corrected chi connectivity index (χ1v) is 6.86. The minimum absolute atomic E-state index is 0.0514. The third-order valence-electron chi connectivity index (χ3n) is 4.82. The lowest BCUT2D eigenvalue weighted by Crippen LogP contribution is -2.44. The summed E-state index contributed by atoms with van der Waals surface area (Å²) in [5.41, 5.74) is 4.00. The highest BCUT2D eigenvalue weighted by Crippen LogP contribution is 2.51. The predicted molar refractivity (Wildman–Crippen MR) is 74.4 cm³/mol. The lowest BCUT2D eigenvalue weighted by molar-refractivity contribution is 0.378. The fraction of sp³-hybridized carbons (Fsp3) is 0.625. The van der Waals surface area contributed by atoms with Crippen molar-refractivity contribution in [3.8, 4) is 5.75 Å². The summed E-state index contributed by atoms with van der Waals surface area (Å²) in [5, 5.41) is 10.2. The molecule has 1 N–H and O–H groups in total. The van der Waals surface area contributed by atoms with Gasteiger partial charge in [0.2, 0.25) is 0 Å². The van der Waals surface area contributed by atoms with Gasteiger partial charge < -0.3 is 10.0 Å². The van der Waals surface area contributed by atoms with E-state index in [0.29, 0.717) is 5.75 Å². The average molecular weight is 244 g/mol. The van der Waals surface area contributed by atoms with E-state index < -0.39 is 0 Å². The lowest BCUT2D eigenvalue weighted by atomic mass is 9.69. The normalized spacial score (nSPS) is 23.7. The van der Waals surface area contributed by atoms with Crippen LogP contribution >= 0.6 is 0 Å². The van der Waals surface area contributed by atoms with Crippen LogP contribution in [0.25, 0.3) is 0 Å². The Morgan fingerprint density at radius 2 is 1.72 bits per heavy atom. The molecular weight excluding hydrogens is 222 g/mol. The van der Waals surface area contributed by atoms with Gasteiger partial charge in [-0.25, -0.2) is 0 Å². The second-order valence-corrected chi connectivity index (χ2v) is 7.03. The number of rotatable bonds is 0. The molecule has 1 aromatic rings. The molecule has 0 atom stereocenters. The van der Waals surface area contributed by atoms with Crippen molar-refractivity contribution in [2.24, 2.45) is 0 Å². The van der Waals surface area contributed by atoms with Crippen molar-refractivity contribution in [2.75, 3.05) is 18.0 Å². The van der Waals surface area contributed by atoms with Crippen molar-refractivity contribution < 1.29 is 5.11 Å². The van der Waals surface area contributed by atoms with Gasteiger partial charge in [-0.1, -0.05) is 27.7 Å². The molecule has 0 spiro atoms. The highest BCUT2D eigenvalue weighted by atomic mass is 16.3. The van der Waals surface area contributed by atoms with Gasteiger partial charge in [-0.3, -0.25) is 0 Å². The van der Waals surface area contributed by atoms with Crippen LogP contribution in [0, 0.1) is 6.07 Å². The van der Waals surface area contributed by atoms with Crippen molar-refractivity contribution in [2.45, 2.75) is 51.4 Å². The van der Waals surface area contributed by atoms with Gasteiger partial charge in [0.25, 0.3) is 0 Å². The van der Waals surface area contributed by atoms with Crippen molar-refractivity contribution in [3.05, 3.63) is 23.3 Å². The van der Waals surface area contributed by atoms with Crippen LogP contribution in [0.4, 0.5) is 5.69 Å². The Hall–Kier alpha value is -1.18. The number of nitrogens with zero attached hydrogens (tertiary/aromatic N) is 1. The molecule has 0 aromatic heterocycles. The van der Waals surface area contributed by atoms with Gasteiger partial charge in [0.05, 0.1) is 0 Å². The van der Waals surface area contributed by atoms with Crippen LogP contribution < -0.4 is 4.90 Å². The molecule has 2 nitrogen and oxygen atoms in total. The first-order valence-electron chi connectivity index (χ1n) is 6.86. The molecule has 2 heterocycles. The van der Waals surface area contributed by atoms with Crippen LogP contribution in [0.15, 0.2) is 6.07 Å². The summed E-state index contributed by atoms with van der Waals surface area (Å²) < 4.78 is 0. The molecule has 1 radical (unpaired) electrons. The van der Waals surface area contributed by atoms with E-state index in [1.807, 2.05) is 6.07 Å². The fourth-order valence-corrected chi connectivity index (χ4v) is 3.44. The largest absolute Gasteiger partial charge is 0.507 e. The van der Waals surface area contributed by atoms with Crippen molar-refractivity contribution in [3.63, 3.8) is 0 Å². The van der Waals surface area contributed by atoms with E-state index in [4.69, 9.17) is 0 Å². The van der Waals surface area contributed by atoms with Crippen molar-refractivity contribution in [1.82, 2.24) is 0 Å². The van der Waals surface area contributed by atoms with Gasteiger partial charge in [0.1, 0.15) is 5.75 Å². The summed E-state index contributed by atoms with van der Waals surface area (Å²) in [6, 6.07) is 5.08. The monoisotopic (exact) mass is 244 g/mol. The molecule has 0 saturated heterocycles. The average Bonchev–Trinajstić information content (AvgIpc) is 2.26. The van der Waals surface area contributed by atoms with E-state index in [-0.39, 0.29) is 10.8 Å². The molecular formula is C16H22NO. The molecule has 1 aromatic carbocycles. The number of phenolic OH excluding ortho intramolecular Hbond substituents is 1. The molecule has 0 amide bonds. The van der Waals surface area contributed by atoms with Crippen LogP contribution in [0.5, 0.6) is 5.75 Å². The van der Waals surface area contributed by atoms with Crippen LogP contribution in [0.1, 0.15) is 51.7 Å². The van der Waals surface area contributed by atoms with Gasteiger partial charge in [0, 0.05) is 30.4 Å². The van der Waals surface area contributed by atoms with Gasteiger partial charge in [-0.15, -0.1) is 0 Å². The zero-order chi connectivity index (χ0) is 13.1. The Labute approximate surface area is 110 Å². The van der Waals surface area contributed by atoms with Gasteiger partial charge in [0.15, 0.2) is 0 Å². The summed E-state index contributed by atoms with van der Waals surface area (Å²) in [6.45, 7) is 11.3. The molecule has 97 valence electrons. The molecule has 0 bridgehead atoms. The third kappa shape index (κ3) is 1.47. The van der Waals surface area contributed by atoms with Gasteiger partial charge in [-0.2, -0.15) is 0 Å². The standard InChI is InChI=1S/C16H22NO/c1-15(2)7-9-17-10-8-16(3,4)13-12(18)6-5-11(15)14(13)17/h5,18H,7-10H2,1-4H3. The first-order chi connectivity index (χ1) is 8.33. The molecule has 3 rings (SSSR count). The van der Waals surface area contributed by atoms with Crippen LogP contribution in [0.2, 0.25) is 0 Å². The number of hydrogen-bond acceptors (Lipinski definition) is 2. The van der Waals surface area contributed by atoms with E-state index in [9.17, 15) is 5.11 Å². The Balaban J connectivity index is 2.32. The van der Waals surface area contributed by atoms with Crippen molar-refractivity contribution in [1.29, 1.82) is 0 Å². The Bertz CT molecular complexity index is 500. The third-order valence-corrected chi connectivity index (χ3v) is 4.82. The zero-order valence-corrected chi connectivity index (χ0v) is 11.8. The molecule has 2 aliphatic heterocycles. The minimum atomic E-state index is 0.0514. The van der Waals surface area contributed by atoms with E-state index in [0.717, 1.165) is 25.1 Å². The maximum Gasteiger partial charge on any atom is 0.129 e. The lowest BCUT2D eigenvalue weighted by Gasteiger charge is -2.48. The smallest absolute Gasteiger partial charge is 0.129 e. The minimum Gasteiger partial charge on any atom is -0.507 e. The van der Waals surface area contributed by atoms with Crippen LogP contribution in [0.3, 0.4) is 0 Å². The number of aromatic hydroxyl groups is 1. The second-order valence-electron chi connectivity index (χ2n) is 7.03. The quantitative estimate of drug-likeness (QED) is 0.756. The molecule has 2 aliphatic rings. The van der Waals surface area contributed by atoms with Gasteiger partial charge >= 0.3 is 0 Å². The Morgan fingerprint density at radius 3 is 2.39 bits per heavy atom. The molecule has 2 heteroatoms. The predicted octanol–water partition coefficient (Wildman–Crippen LogP) is 3.36. The Kier molecular flexibility index (Phi) is 2.27. The van der Waals surface area contributed by atoms with Gasteiger partial charge in [-0.05, 0) is 35.3 Å². The summed E-state index contributed by atoms with van der Waals surface area (Å²) in [5.74, 6) is 0.348. The van der Waals surface area contributed by atoms with Crippen molar-refractivity contribution >= 4 is 5.69 Å². The maximum absolute atomic E-state index is 10.2. The summed E-state index contributed by atoms with van der Waals surface area (Å²) in [6.07, 6.45) is 2.28. The zero-order valence-electron chi connectivity index (χ0n) is 11.8. The Morgan fingerprint density at radius 1 is 1.11 bits per heavy atom. The molecule has 0 aliphatic carbocycles. The maximum atomic E-state index is 10.2. The molecule has 18 heavy (non-hydrogen) atoms. The van der Waals surface area contributed by atoms with E-state index >= 15 is 0 Å². The summed E-state index contributed by atoms with van der Waals surface area (Å²) >= 11 is 0. The molecule has 0 saturated carbocycles. The van der Waals surface area contributed by atoms with E-state index in [1.165, 1.54) is 17.7 Å². The van der Waals surface area contributed by atoms with Crippen LogP contribution in [-0.2, 0) is 10.8 Å². The topological polar surface area (TPSA) is 23.5 Å². The summed E-state index contributed by atoms with van der Waals surface area (Å²) in [7, 11) is 0. The number of anilines is 1. The first kappa shape index (κ1) is 11.9. The molecule has 0 unspecified atom stereocenters.